The molecule has 2 N–H and O–H groups in total. The number of thiophene rings is 1. The molecule has 9 nitrogen and oxygen atoms in total. The topological polar surface area (TPSA) is 122 Å². The fourth-order valence-corrected chi connectivity index (χ4v) is 4.85. The van der Waals surface area contributed by atoms with Gasteiger partial charge in [0.2, 0.25) is 5.91 Å². The fraction of sp³-hybridized carbons (Fsp3) is 0.227. The first-order chi connectivity index (χ1) is 15.5. The third kappa shape index (κ3) is 4.30. The lowest BCUT2D eigenvalue weighted by atomic mass is 10.0. The van der Waals surface area contributed by atoms with E-state index in [4.69, 9.17) is 9.84 Å². The Labute approximate surface area is 187 Å². The van der Waals surface area contributed by atoms with Crippen LogP contribution >= 0.6 is 11.3 Å². The Morgan fingerprint density at radius 1 is 1.22 bits per heavy atom. The first-order valence-corrected chi connectivity index (χ1v) is 10.6. The number of carboxylic acids is 1. The number of aliphatic carboxylic acids is 1. The Balaban J connectivity index is 1.66. The predicted octanol–water partition coefficient (Wildman–Crippen LogP) is 2.54. The van der Waals surface area contributed by atoms with E-state index in [2.05, 4.69) is 15.3 Å². The monoisotopic (exact) mass is 452 g/mol. The molecule has 0 aliphatic carbocycles. The summed E-state index contributed by atoms with van der Waals surface area (Å²) in [5.41, 5.74) is 1.77. The number of hydrogen-bond acceptors (Lipinski definition) is 8. The van der Waals surface area contributed by atoms with Crippen molar-refractivity contribution < 1.29 is 24.2 Å². The Morgan fingerprint density at radius 3 is 2.72 bits per heavy atom. The molecular weight excluding hydrogens is 432 g/mol. The third-order valence-corrected chi connectivity index (χ3v) is 6.29. The van der Waals surface area contributed by atoms with Gasteiger partial charge in [-0.25, -0.2) is 19.6 Å². The second-order valence-corrected chi connectivity index (χ2v) is 8.18. The normalized spacial score (nSPS) is 14.2. The summed E-state index contributed by atoms with van der Waals surface area (Å²) in [5.74, 6) is -1.43. The smallest absolute Gasteiger partial charge is 0.333 e. The summed E-state index contributed by atoms with van der Waals surface area (Å²) in [5, 5.41) is 12.8. The fourth-order valence-electron chi connectivity index (χ4n) is 3.65. The lowest BCUT2D eigenvalue weighted by Crippen LogP contribution is -2.34. The Bertz CT molecular complexity index is 1210. The number of rotatable bonds is 6. The SMILES string of the molecule is COC(=O)C(Nc1ncnc2sc3c(c12)CCN(C(=O)C=CC(=O)O)C3)c1ccccc1. The van der Waals surface area contributed by atoms with Crippen LogP contribution in [0, 0.1) is 0 Å². The summed E-state index contributed by atoms with van der Waals surface area (Å²) in [6.07, 6.45) is 3.91. The van der Waals surface area contributed by atoms with E-state index in [9.17, 15) is 14.4 Å². The number of benzene rings is 1. The highest BCUT2D eigenvalue weighted by Crippen LogP contribution is 2.38. The summed E-state index contributed by atoms with van der Waals surface area (Å²) < 4.78 is 4.99. The van der Waals surface area contributed by atoms with E-state index in [0.717, 1.165) is 38.4 Å². The average molecular weight is 452 g/mol. The molecule has 1 amide bonds. The molecule has 10 heteroatoms. The number of fused-ring (bicyclic) bond motifs is 3. The van der Waals surface area contributed by atoms with Crippen molar-refractivity contribution in [2.24, 2.45) is 0 Å². The van der Waals surface area contributed by atoms with Gasteiger partial charge in [0.15, 0.2) is 6.04 Å². The van der Waals surface area contributed by atoms with Gasteiger partial charge in [0.25, 0.3) is 0 Å². The van der Waals surface area contributed by atoms with Crippen LogP contribution in [0.1, 0.15) is 22.0 Å². The van der Waals surface area contributed by atoms with Gasteiger partial charge < -0.3 is 20.1 Å². The van der Waals surface area contributed by atoms with E-state index in [1.807, 2.05) is 30.3 Å². The van der Waals surface area contributed by atoms with E-state index in [0.29, 0.717) is 25.3 Å². The van der Waals surface area contributed by atoms with E-state index < -0.39 is 18.0 Å². The van der Waals surface area contributed by atoms with Crippen molar-refractivity contribution in [1.82, 2.24) is 14.9 Å². The number of nitrogens with zero attached hydrogens (tertiary/aromatic N) is 3. The van der Waals surface area contributed by atoms with Gasteiger partial charge in [0.05, 0.1) is 19.0 Å². The maximum Gasteiger partial charge on any atom is 0.333 e. The molecule has 0 fully saturated rings. The Kier molecular flexibility index (Phi) is 6.13. The Hall–Kier alpha value is -3.79. The molecule has 4 rings (SSSR count). The Morgan fingerprint density at radius 2 is 2.00 bits per heavy atom. The van der Waals surface area contributed by atoms with Gasteiger partial charge in [-0.15, -0.1) is 11.3 Å². The second-order valence-electron chi connectivity index (χ2n) is 7.10. The van der Waals surface area contributed by atoms with Gasteiger partial charge in [0, 0.05) is 23.6 Å². The molecule has 1 aliphatic rings. The second kappa shape index (κ2) is 9.15. The molecule has 1 aliphatic heterocycles. The van der Waals surface area contributed by atoms with E-state index in [1.54, 1.807) is 4.90 Å². The van der Waals surface area contributed by atoms with Crippen molar-refractivity contribution in [2.75, 3.05) is 19.0 Å². The molecule has 2 aromatic heterocycles. The highest BCUT2D eigenvalue weighted by molar-refractivity contribution is 7.19. The van der Waals surface area contributed by atoms with Crippen LogP contribution in [0.15, 0.2) is 48.8 Å². The van der Waals surface area contributed by atoms with Crippen LogP contribution in [0.4, 0.5) is 5.82 Å². The lowest BCUT2D eigenvalue weighted by Gasteiger charge is -2.26. The number of carboxylic acid groups (broad SMARTS) is 1. The number of hydrogen-bond donors (Lipinski definition) is 2. The van der Waals surface area contributed by atoms with Crippen molar-refractivity contribution in [3.63, 3.8) is 0 Å². The molecule has 0 saturated carbocycles. The summed E-state index contributed by atoms with van der Waals surface area (Å²) in [4.78, 5) is 47.5. The molecule has 3 aromatic rings. The van der Waals surface area contributed by atoms with Gasteiger partial charge in [-0.05, 0) is 17.5 Å². The van der Waals surface area contributed by atoms with E-state index >= 15 is 0 Å². The van der Waals surface area contributed by atoms with Crippen molar-refractivity contribution >= 4 is 45.2 Å². The van der Waals surface area contributed by atoms with Gasteiger partial charge in [-0.2, -0.15) is 0 Å². The summed E-state index contributed by atoms with van der Waals surface area (Å²) >= 11 is 1.45. The quantitative estimate of drug-likeness (QED) is 0.432. The zero-order valence-corrected chi connectivity index (χ0v) is 18.0. The van der Waals surface area contributed by atoms with Crippen LogP contribution in [-0.4, -0.2) is 51.5 Å². The van der Waals surface area contributed by atoms with Gasteiger partial charge in [-0.3, -0.25) is 4.79 Å². The maximum absolute atomic E-state index is 12.5. The number of amides is 1. The van der Waals surface area contributed by atoms with Crippen molar-refractivity contribution in [3.05, 3.63) is 64.8 Å². The van der Waals surface area contributed by atoms with Gasteiger partial charge in [-0.1, -0.05) is 30.3 Å². The number of carbonyl (C=O) groups excluding carboxylic acids is 2. The minimum Gasteiger partial charge on any atom is -0.478 e. The van der Waals surface area contributed by atoms with Crippen LogP contribution in [0.5, 0.6) is 0 Å². The molecule has 1 unspecified atom stereocenters. The van der Waals surface area contributed by atoms with Gasteiger partial charge in [0.1, 0.15) is 17.0 Å². The summed E-state index contributed by atoms with van der Waals surface area (Å²) in [6.45, 7) is 0.798. The maximum atomic E-state index is 12.5. The molecule has 0 saturated heterocycles. The zero-order valence-electron chi connectivity index (χ0n) is 17.1. The first-order valence-electron chi connectivity index (χ1n) is 9.82. The molecule has 1 atom stereocenters. The number of carbonyl (C=O) groups is 3. The molecule has 0 radical (unpaired) electrons. The summed E-state index contributed by atoms with van der Waals surface area (Å²) in [7, 11) is 1.34. The highest BCUT2D eigenvalue weighted by Gasteiger charge is 2.28. The largest absolute Gasteiger partial charge is 0.478 e. The van der Waals surface area contributed by atoms with Crippen LogP contribution in [0.3, 0.4) is 0 Å². The first kappa shape index (κ1) is 21.4. The molecule has 1 aromatic carbocycles. The predicted molar refractivity (Wildman–Crippen MR) is 118 cm³/mol. The van der Waals surface area contributed by atoms with Crippen LogP contribution in [0.2, 0.25) is 0 Å². The standard InChI is InChI=1S/C22H20N4O5S/c1-31-22(30)19(13-5-3-2-4-6-13)25-20-18-14-9-10-26(16(27)7-8-17(28)29)11-15(14)32-21(18)24-12-23-20/h2-8,12,19H,9-11H2,1H3,(H,28,29)(H,23,24,25). The minimum absolute atomic E-state index is 0.352. The average Bonchev–Trinajstić information content (AvgIpc) is 3.19. The zero-order chi connectivity index (χ0) is 22.7. The lowest BCUT2D eigenvalue weighted by molar-refractivity contribution is -0.141. The molecule has 32 heavy (non-hydrogen) atoms. The highest BCUT2D eigenvalue weighted by atomic mass is 32.1. The van der Waals surface area contributed by atoms with Crippen molar-refractivity contribution in [3.8, 4) is 0 Å². The number of anilines is 1. The van der Waals surface area contributed by atoms with E-state index in [-0.39, 0.29) is 5.91 Å². The number of esters is 1. The van der Waals surface area contributed by atoms with Crippen LogP contribution in [-0.2, 0) is 32.1 Å². The minimum atomic E-state index is -1.16. The number of ether oxygens (including phenoxy) is 1. The molecule has 0 bridgehead atoms. The van der Waals surface area contributed by atoms with Crippen LogP contribution < -0.4 is 5.32 Å². The number of aromatic nitrogens is 2. The number of nitrogens with one attached hydrogen (secondary N) is 1. The van der Waals surface area contributed by atoms with Gasteiger partial charge >= 0.3 is 11.9 Å². The molecule has 164 valence electrons. The molecule has 0 spiro atoms. The molecular formula is C22H20N4O5S. The van der Waals surface area contributed by atoms with Crippen molar-refractivity contribution in [1.29, 1.82) is 0 Å². The molecule has 3 heterocycles. The number of methoxy groups -OCH3 is 1. The van der Waals surface area contributed by atoms with E-state index in [1.165, 1.54) is 24.8 Å². The van der Waals surface area contributed by atoms with Crippen molar-refractivity contribution in [2.45, 2.75) is 19.0 Å². The third-order valence-electron chi connectivity index (χ3n) is 5.17. The van der Waals surface area contributed by atoms with Crippen LogP contribution in [0.25, 0.3) is 10.2 Å². The summed E-state index contributed by atoms with van der Waals surface area (Å²) in [6, 6.07) is 8.50.